The van der Waals surface area contributed by atoms with Gasteiger partial charge in [0.2, 0.25) is 5.91 Å². The summed E-state index contributed by atoms with van der Waals surface area (Å²) in [7, 11) is 3.11. The highest BCUT2D eigenvalue weighted by atomic mass is 32.2. The minimum atomic E-state index is -0.417. The molecule has 10 heteroatoms. The lowest BCUT2D eigenvalue weighted by Crippen LogP contribution is -2.37. The molecule has 0 unspecified atom stereocenters. The first kappa shape index (κ1) is 23.0. The summed E-state index contributed by atoms with van der Waals surface area (Å²) in [5, 5.41) is 4.97. The van der Waals surface area contributed by atoms with E-state index in [-0.39, 0.29) is 11.9 Å². The van der Waals surface area contributed by atoms with E-state index in [9.17, 15) is 14.4 Å². The number of nitrogens with zero attached hydrogens (tertiary/aromatic N) is 1. The number of nitrogens with one attached hydrogen (secondary N) is 2. The third-order valence-corrected chi connectivity index (χ3v) is 6.02. The highest BCUT2D eigenvalue weighted by Crippen LogP contribution is 2.39. The maximum Gasteiger partial charge on any atom is 0.290 e. The fourth-order valence-corrected chi connectivity index (χ4v) is 4.34. The van der Waals surface area contributed by atoms with Gasteiger partial charge in [0, 0.05) is 42.9 Å². The van der Waals surface area contributed by atoms with Crippen LogP contribution in [0.25, 0.3) is 6.08 Å². The molecule has 3 amide bonds. The Hall–Kier alpha value is -2.72. The molecule has 0 aliphatic carbocycles. The quantitative estimate of drug-likeness (QED) is 0.386. The number of anilines is 1. The number of imide groups is 1. The molecule has 168 valence electrons. The summed E-state index contributed by atoms with van der Waals surface area (Å²) in [6.07, 6.45) is 4.58. The molecule has 2 aliphatic heterocycles. The van der Waals surface area contributed by atoms with Crippen LogP contribution in [-0.4, -0.2) is 56.9 Å². The molecule has 2 heterocycles. The SMILES string of the molecule is COc1cc(C=C2SC(=O)NC2=O)c(N2CC[C@H](NC(=O)CCCCN)C2)cc1OC. The van der Waals surface area contributed by atoms with Crippen molar-refractivity contribution in [2.75, 3.05) is 38.8 Å². The van der Waals surface area contributed by atoms with E-state index in [1.807, 2.05) is 6.07 Å². The Labute approximate surface area is 185 Å². The van der Waals surface area contributed by atoms with Crippen LogP contribution in [0.4, 0.5) is 10.5 Å². The lowest BCUT2D eigenvalue weighted by Gasteiger charge is -2.23. The second-order valence-corrected chi connectivity index (χ2v) is 8.38. The number of amides is 3. The van der Waals surface area contributed by atoms with Crippen LogP contribution in [0.3, 0.4) is 0 Å². The summed E-state index contributed by atoms with van der Waals surface area (Å²) in [6.45, 7) is 1.95. The standard InChI is InChI=1S/C21H28N4O5S/c1-29-16-9-13(10-18-20(27)24-21(28)31-18)15(11-17(16)30-2)25-8-6-14(12-25)23-19(26)5-3-4-7-22/h9-11,14H,3-8,12,22H2,1-2H3,(H,23,26)(H,24,27,28)/t14-/m0/s1. The number of hydrogen-bond donors (Lipinski definition) is 3. The van der Waals surface area contributed by atoms with E-state index in [2.05, 4.69) is 15.5 Å². The molecule has 0 spiro atoms. The number of ether oxygens (including phenoxy) is 2. The Morgan fingerprint density at radius 3 is 2.68 bits per heavy atom. The highest BCUT2D eigenvalue weighted by Gasteiger charge is 2.29. The van der Waals surface area contributed by atoms with Crippen molar-refractivity contribution in [1.82, 2.24) is 10.6 Å². The number of benzene rings is 1. The van der Waals surface area contributed by atoms with Crippen LogP contribution in [0.5, 0.6) is 11.5 Å². The van der Waals surface area contributed by atoms with E-state index >= 15 is 0 Å². The molecule has 9 nitrogen and oxygen atoms in total. The van der Waals surface area contributed by atoms with Gasteiger partial charge in [-0.05, 0) is 49.7 Å². The van der Waals surface area contributed by atoms with Crippen LogP contribution in [0.15, 0.2) is 17.0 Å². The Morgan fingerprint density at radius 2 is 2.03 bits per heavy atom. The lowest BCUT2D eigenvalue weighted by molar-refractivity contribution is -0.121. The molecule has 2 aliphatic rings. The first-order valence-corrected chi connectivity index (χ1v) is 11.0. The monoisotopic (exact) mass is 448 g/mol. The van der Waals surface area contributed by atoms with Crippen molar-refractivity contribution in [2.24, 2.45) is 5.73 Å². The van der Waals surface area contributed by atoms with Crippen LogP contribution in [-0.2, 0) is 9.59 Å². The fourth-order valence-electron chi connectivity index (χ4n) is 3.66. The summed E-state index contributed by atoms with van der Waals surface area (Å²) < 4.78 is 10.9. The van der Waals surface area contributed by atoms with E-state index in [0.29, 0.717) is 35.9 Å². The van der Waals surface area contributed by atoms with Crippen LogP contribution < -0.4 is 30.7 Å². The van der Waals surface area contributed by atoms with Crippen molar-refractivity contribution in [2.45, 2.75) is 31.7 Å². The number of hydrogen-bond acceptors (Lipinski definition) is 8. The zero-order valence-corrected chi connectivity index (χ0v) is 18.5. The van der Waals surface area contributed by atoms with Gasteiger partial charge in [0.1, 0.15) is 0 Å². The molecule has 31 heavy (non-hydrogen) atoms. The van der Waals surface area contributed by atoms with Gasteiger partial charge in [-0.15, -0.1) is 0 Å². The van der Waals surface area contributed by atoms with Crippen molar-refractivity contribution in [3.63, 3.8) is 0 Å². The molecule has 3 rings (SSSR count). The highest BCUT2D eigenvalue weighted by molar-refractivity contribution is 8.18. The minimum Gasteiger partial charge on any atom is -0.493 e. The predicted molar refractivity (Wildman–Crippen MR) is 120 cm³/mol. The normalized spacial score (nSPS) is 19.6. The summed E-state index contributed by atoms with van der Waals surface area (Å²) in [5.41, 5.74) is 7.07. The molecule has 0 aromatic heterocycles. The smallest absolute Gasteiger partial charge is 0.290 e. The minimum absolute atomic E-state index is 0.0321. The largest absolute Gasteiger partial charge is 0.493 e. The molecular weight excluding hydrogens is 420 g/mol. The van der Waals surface area contributed by atoms with Crippen molar-refractivity contribution >= 4 is 40.6 Å². The molecule has 0 saturated carbocycles. The second-order valence-electron chi connectivity index (χ2n) is 7.36. The van der Waals surface area contributed by atoms with Crippen molar-refractivity contribution in [1.29, 1.82) is 0 Å². The zero-order chi connectivity index (χ0) is 22.4. The zero-order valence-electron chi connectivity index (χ0n) is 17.7. The first-order valence-electron chi connectivity index (χ1n) is 10.2. The maximum absolute atomic E-state index is 12.2. The Bertz CT molecular complexity index is 889. The van der Waals surface area contributed by atoms with Gasteiger partial charge in [-0.2, -0.15) is 0 Å². The number of thioether (sulfide) groups is 1. The van der Waals surface area contributed by atoms with Gasteiger partial charge in [-0.25, -0.2) is 0 Å². The number of carbonyl (C=O) groups excluding carboxylic acids is 3. The van der Waals surface area contributed by atoms with Gasteiger partial charge in [-0.3, -0.25) is 19.7 Å². The predicted octanol–water partition coefficient (Wildman–Crippen LogP) is 1.85. The Balaban J connectivity index is 1.81. The average molecular weight is 449 g/mol. The number of unbranched alkanes of at least 4 members (excludes halogenated alkanes) is 1. The van der Waals surface area contributed by atoms with Gasteiger partial charge in [0.25, 0.3) is 11.1 Å². The van der Waals surface area contributed by atoms with Crippen LogP contribution in [0.2, 0.25) is 0 Å². The Kier molecular flexibility index (Phi) is 7.80. The van der Waals surface area contributed by atoms with E-state index < -0.39 is 11.1 Å². The number of methoxy groups -OCH3 is 2. The molecule has 0 bridgehead atoms. The van der Waals surface area contributed by atoms with Crippen molar-refractivity contribution in [3.8, 4) is 11.5 Å². The van der Waals surface area contributed by atoms with E-state index in [1.165, 1.54) is 0 Å². The first-order chi connectivity index (χ1) is 14.9. The van der Waals surface area contributed by atoms with Crippen molar-refractivity contribution < 1.29 is 23.9 Å². The number of nitrogens with two attached hydrogens (primary N) is 1. The van der Waals surface area contributed by atoms with Gasteiger partial charge >= 0.3 is 0 Å². The van der Waals surface area contributed by atoms with Crippen LogP contribution in [0, 0.1) is 0 Å². The van der Waals surface area contributed by atoms with E-state index in [0.717, 1.165) is 48.8 Å². The molecule has 1 atom stereocenters. The number of carbonyl (C=O) groups is 3. The van der Waals surface area contributed by atoms with Gasteiger partial charge in [0.15, 0.2) is 11.5 Å². The average Bonchev–Trinajstić information content (AvgIpc) is 3.33. The van der Waals surface area contributed by atoms with E-state index in [1.54, 1.807) is 26.4 Å². The molecule has 1 aromatic rings. The fraction of sp³-hybridized carbons (Fsp3) is 0.476. The van der Waals surface area contributed by atoms with Crippen LogP contribution >= 0.6 is 11.8 Å². The molecule has 2 fully saturated rings. The number of rotatable bonds is 9. The van der Waals surface area contributed by atoms with Crippen molar-refractivity contribution in [3.05, 3.63) is 22.6 Å². The van der Waals surface area contributed by atoms with Gasteiger partial charge in [0.05, 0.1) is 19.1 Å². The summed E-state index contributed by atoms with van der Waals surface area (Å²) in [6, 6.07) is 3.68. The molecule has 0 radical (unpaired) electrons. The molecule has 2 saturated heterocycles. The third kappa shape index (κ3) is 5.71. The molecule has 1 aromatic carbocycles. The summed E-state index contributed by atoms with van der Waals surface area (Å²) >= 11 is 0.867. The molecule has 4 N–H and O–H groups in total. The van der Waals surface area contributed by atoms with E-state index in [4.69, 9.17) is 15.2 Å². The molecular formula is C21H28N4O5S. The summed E-state index contributed by atoms with van der Waals surface area (Å²) in [4.78, 5) is 38.2. The topological polar surface area (TPSA) is 123 Å². The Morgan fingerprint density at radius 1 is 1.29 bits per heavy atom. The second kappa shape index (κ2) is 10.5. The van der Waals surface area contributed by atoms with Gasteiger partial charge < -0.3 is 25.4 Å². The third-order valence-electron chi connectivity index (χ3n) is 5.21. The maximum atomic E-state index is 12.2. The lowest BCUT2D eigenvalue weighted by atomic mass is 10.1. The van der Waals surface area contributed by atoms with Gasteiger partial charge in [-0.1, -0.05) is 0 Å². The van der Waals surface area contributed by atoms with Crippen LogP contribution in [0.1, 0.15) is 31.2 Å². The summed E-state index contributed by atoms with van der Waals surface area (Å²) in [5.74, 6) is 0.706.